The molecule has 32 heavy (non-hydrogen) atoms. The molecule has 1 unspecified atom stereocenters. The van der Waals surface area contributed by atoms with Crippen molar-refractivity contribution in [2.45, 2.75) is 161 Å². The second-order valence-electron chi connectivity index (χ2n) is 9.36. The van der Waals surface area contributed by atoms with Gasteiger partial charge in [-0.05, 0) is 19.3 Å². The highest BCUT2D eigenvalue weighted by Crippen LogP contribution is 2.14. The van der Waals surface area contributed by atoms with Gasteiger partial charge in [-0.2, -0.15) is 0 Å². The van der Waals surface area contributed by atoms with E-state index >= 15 is 0 Å². The molecule has 0 aromatic carbocycles. The number of carbonyl (C=O) groups is 1. The first kappa shape index (κ1) is 30.9. The summed E-state index contributed by atoms with van der Waals surface area (Å²) in [6, 6.07) is 0. The zero-order valence-corrected chi connectivity index (χ0v) is 21.5. The van der Waals surface area contributed by atoms with Gasteiger partial charge in [0, 0.05) is 0 Å². The third kappa shape index (κ3) is 22.1. The van der Waals surface area contributed by atoms with Gasteiger partial charge in [-0.25, -0.2) is 9.59 Å². The van der Waals surface area contributed by atoms with E-state index in [-0.39, 0.29) is 0 Å². The molecule has 189 valence electrons. The van der Waals surface area contributed by atoms with Gasteiger partial charge in [-0.15, -0.1) is 0 Å². The van der Waals surface area contributed by atoms with E-state index in [0.29, 0.717) is 13.0 Å². The average Bonchev–Trinajstić information content (AvgIpc) is 2.80. The molecule has 0 aromatic rings. The van der Waals surface area contributed by atoms with Gasteiger partial charge in [0.25, 0.3) is 0 Å². The zero-order valence-electron chi connectivity index (χ0n) is 21.5. The van der Waals surface area contributed by atoms with Crippen molar-refractivity contribution >= 4 is 12.4 Å². The van der Waals surface area contributed by atoms with Crippen LogP contribution in [0.25, 0.3) is 0 Å². The molecule has 0 saturated carbocycles. The predicted molar refractivity (Wildman–Crippen MR) is 134 cm³/mol. The molecule has 0 saturated heterocycles. The maximum absolute atomic E-state index is 12.2. The van der Waals surface area contributed by atoms with Crippen molar-refractivity contribution in [1.82, 2.24) is 0 Å². The lowest BCUT2D eigenvalue weighted by molar-refractivity contribution is -0.153. The lowest BCUT2D eigenvalue weighted by Crippen LogP contribution is -2.26. The molecular weight excluding hydrogens is 400 g/mol. The van der Waals surface area contributed by atoms with Gasteiger partial charge >= 0.3 is 12.4 Å². The Morgan fingerprint density at radius 3 is 1.38 bits per heavy atom. The number of ether oxygens (including phenoxy) is 2. The molecule has 4 nitrogen and oxygen atoms in total. The molecule has 0 fully saturated rings. The fraction of sp³-hybridized carbons (Fsp3) is 0.929. The van der Waals surface area contributed by atoms with Gasteiger partial charge in [0.2, 0.25) is 0 Å². The fourth-order valence-electron chi connectivity index (χ4n) is 4.13. The first-order valence-corrected chi connectivity index (χ1v) is 14.0. The van der Waals surface area contributed by atoms with E-state index in [1.807, 2.05) is 0 Å². The van der Waals surface area contributed by atoms with Gasteiger partial charge < -0.3 is 9.47 Å². The molecule has 0 N–H and O–H groups in total. The maximum atomic E-state index is 12.2. The highest BCUT2D eigenvalue weighted by Gasteiger charge is 2.21. The summed E-state index contributed by atoms with van der Waals surface area (Å²) in [6.45, 7) is 6.35. The van der Waals surface area contributed by atoms with E-state index in [2.05, 4.69) is 13.8 Å². The van der Waals surface area contributed by atoms with Crippen molar-refractivity contribution in [1.29, 1.82) is 0 Å². The minimum absolute atomic E-state index is 0.406. The van der Waals surface area contributed by atoms with Crippen molar-refractivity contribution in [2.75, 3.05) is 6.61 Å². The lowest BCUT2D eigenvalue weighted by Gasteiger charge is -2.13. The summed E-state index contributed by atoms with van der Waals surface area (Å²) in [5.74, 6) is -0.406. The maximum Gasteiger partial charge on any atom is 0.418 e. The molecule has 0 amide bonds. The van der Waals surface area contributed by atoms with E-state index in [1.54, 1.807) is 0 Å². The van der Waals surface area contributed by atoms with E-state index in [0.717, 1.165) is 25.7 Å². The standard InChI is InChI=1S/C28H53O4/c1-3-5-7-9-11-13-15-16-18-20-22-24-27(32-26-29)28(30)31-25-23-21-19-17-14-12-10-8-6-4-2/h27H,3-25H2,1-2H3. The van der Waals surface area contributed by atoms with Crippen LogP contribution in [0.15, 0.2) is 0 Å². The highest BCUT2D eigenvalue weighted by atomic mass is 16.6. The first-order valence-electron chi connectivity index (χ1n) is 14.0. The molecule has 0 aliphatic rings. The van der Waals surface area contributed by atoms with Gasteiger partial charge in [0.1, 0.15) is 0 Å². The summed E-state index contributed by atoms with van der Waals surface area (Å²) in [4.78, 5) is 22.8. The largest absolute Gasteiger partial charge is 0.463 e. The van der Waals surface area contributed by atoms with Crippen LogP contribution in [-0.2, 0) is 19.1 Å². The minimum Gasteiger partial charge on any atom is -0.463 e. The van der Waals surface area contributed by atoms with Crippen LogP contribution in [-0.4, -0.2) is 25.2 Å². The normalized spacial score (nSPS) is 11.9. The molecule has 0 spiro atoms. The summed E-state index contributed by atoms with van der Waals surface area (Å²) in [7, 11) is 0. The van der Waals surface area contributed by atoms with Crippen LogP contribution >= 0.6 is 0 Å². The van der Waals surface area contributed by atoms with Gasteiger partial charge in [-0.1, -0.05) is 136 Å². The van der Waals surface area contributed by atoms with Crippen LogP contribution in [0, 0.1) is 0 Å². The second-order valence-corrected chi connectivity index (χ2v) is 9.36. The Kier molecular flexibility index (Phi) is 25.3. The third-order valence-corrected chi connectivity index (χ3v) is 6.27. The molecule has 0 rings (SSSR count). The predicted octanol–water partition coefficient (Wildman–Crippen LogP) is 8.60. The number of rotatable bonds is 26. The molecule has 1 radical (unpaired) electrons. The Balaban J connectivity index is 3.59. The van der Waals surface area contributed by atoms with Crippen LogP contribution < -0.4 is 0 Å². The van der Waals surface area contributed by atoms with Crippen molar-refractivity contribution in [3.63, 3.8) is 0 Å². The Morgan fingerprint density at radius 1 is 0.594 bits per heavy atom. The fourth-order valence-corrected chi connectivity index (χ4v) is 4.13. The molecule has 4 heteroatoms. The number of hydrogen-bond acceptors (Lipinski definition) is 4. The Hall–Kier alpha value is -1.06. The number of hydrogen-bond donors (Lipinski definition) is 0. The molecule has 0 bridgehead atoms. The summed E-state index contributed by atoms with van der Waals surface area (Å²) < 4.78 is 10.2. The number of unbranched alkanes of at least 4 members (excludes halogenated alkanes) is 19. The minimum atomic E-state index is -0.783. The van der Waals surface area contributed by atoms with E-state index < -0.39 is 12.1 Å². The lowest BCUT2D eigenvalue weighted by atomic mass is 10.0. The Labute approximate surface area is 199 Å². The molecule has 0 heterocycles. The topological polar surface area (TPSA) is 52.6 Å². The second kappa shape index (κ2) is 26.2. The number of carbonyl (C=O) groups excluding carboxylic acids is 2. The highest BCUT2D eigenvalue weighted by molar-refractivity contribution is 5.75. The van der Waals surface area contributed by atoms with E-state index in [4.69, 9.17) is 9.47 Å². The van der Waals surface area contributed by atoms with Crippen LogP contribution in [0.2, 0.25) is 0 Å². The van der Waals surface area contributed by atoms with Crippen LogP contribution in [0.3, 0.4) is 0 Å². The average molecular weight is 454 g/mol. The summed E-state index contributed by atoms with van der Waals surface area (Å²) in [6.07, 6.45) is 26.0. The summed E-state index contributed by atoms with van der Waals surface area (Å²) >= 11 is 0. The van der Waals surface area contributed by atoms with Crippen molar-refractivity contribution in [2.24, 2.45) is 0 Å². The summed E-state index contributed by atoms with van der Waals surface area (Å²) in [5.41, 5.74) is 0. The number of esters is 1. The van der Waals surface area contributed by atoms with E-state index in [9.17, 15) is 9.59 Å². The van der Waals surface area contributed by atoms with Crippen LogP contribution in [0.4, 0.5) is 0 Å². The third-order valence-electron chi connectivity index (χ3n) is 6.27. The van der Waals surface area contributed by atoms with Gasteiger partial charge in [-0.3, -0.25) is 0 Å². The van der Waals surface area contributed by atoms with E-state index in [1.165, 1.54) is 116 Å². The zero-order chi connectivity index (χ0) is 23.5. The molecule has 0 aliphatic carbocycles. The molecule has 0 aromatic heterocycles. The van der Waals surface area contributed by atoms with Crippen LogP contribution in [0.1, 0.15) is 155 Å². The van der Waals surface area contributed by atoms with Gasteiger partial charge in [0.15, 0.2) is 6.10 Å². The SMILES string of the molecule is CCCCCCCCCCCCCC(O[C]=O)C(=O)OCCCCCCCCCCCC. The Bertz CT molecular complexity index is 397. The van der Waals surface area contributed by atoms with Crippen molar-refractivity contribution in [3.05, 3.63) is 0 Å². The monoisotopic (exact) mass is 453 g/mol. The molecule has 1 atom stereocenters. The smallest absolute Gasteiger partial charge is 0.418 e. The van der Waals surface area contributed by atoms with Crippen LogP contribution in [0.5, 0.6) is 0 Å². The van der Waals surface area contributed by atoms with Crippen molar-refractivity contribution in [3.8, 4) is 0 Å². The Morgan fingerprint density at radius 2 is 0.969 bits per heavy atom. The molecular formula is C28H53O4. The quantitative estimate of drug-likeness (QED) is 0.0971. The summed E-state index contributed by atoms with van der Waals surface area (Å²) in [5, 5.41) is 0. The van der Waals surface area contributed by atoms with Crippen molar-refractivity contribution < 1.29 is 19.1 Å². The first-order chi connectivity index (χ1) is 15.8. The molecule has 0 aliphatic heterocycles. The van der Waals surface area contributed by atoms with Gasteiger partial charge in [0.05, 0.1) is 6.61 Å².